The molecular weight excluding hydrogens is 322 g/mol. The number of hydrogen-bond acceptors (Lipinski definition) is 7. The first-order valence-corrected chi connectivity index (χ1v) is 7.84. The van der Waals surface area contributed by atoms with E-state index in [0.29, 0.717) is 12.5 Å². The lowest BCUT2D eigenvalue weighted by atomic mass is 9.80. The summed E-state index contributed by atoms with van der Waals surface area (Å²) < 4.78 is 0. The molecule has 0 amide bonds. The highest BCUT2D eigenvalue weighted by Gasteiger charge is 2.48. The van der Waals surface area contributed by atoms with E-state index in [4.69, 9.17) is 31.3 Å². The first-order valence-electron chi connectivity index (χ1n) is 7.84. The Bertz CT molecular complexity index is 402. The first-order chi connectivity index (χ1) is 10.9. The lowest BCUT2D eigenvalue weighted by Crippen LogP contribution is -2.56. The summed E-state index contributed by atoms with van der Waals surface area (Å²) >= 11 is 0. The number of carboxylic acid groups (broad SMARTS) is 2. The van der Waals surface area contributed by atoms with E-state index >= 15 is 0 Å². The number of carbonyl (C=O) groups is 2. The van der Waals surface area contributed by atoms with E-state index < -0.39 is 48.7 Å². The van der Waals surface area contributed by atoms with E-state index in [1.165, 1.54) is 0 Å². The van der Waals surface area contributed by atoms with Gasteiger partial charge in [-0.15, -0.1) is 0 Å². The zero-order valence-electron chi connectivity index (χ0n) is 14.0. The number of aliphatic carboxylic acids is 2. The van der Waals surface area contributed by atoms with Gasteiger partial charge in [-0.1, -0.05) is 13.8 Å². The molecule has 24 heavy (non-hydrogen) atoms. The summed E-state index contributed by atoms with van der Waals surface area (Å²) in [6, 6.07) is 0. The number of nitrogens with two attached hydrogens (primary N) is 1. The topological polar surface area (TPSA) is 182 Å². The molecule has 1 rings (SSSR count). The van der Waals surface area contributed by atoms with Crippen LogP contribution in [0.2, 0.25) is 0 Å². The third-order valence-electron chi connectivity index (χ3n) is 3.88. The summed E-state index contributed by atoms with van der Waals surface area (Å²) in [4.78, 5) is 20.8. The standard InChI is InChI=1S/C8H17NO2.C7H12O6/c1-6(2)3-7(5-9)4-8(10)11;8-3-1-7(13,6(11)12)2-4(9)5(3)10/h6-7H,3-5,9H2,1-2H3,(H,10,11);3-5,8-10,13H,1-2H2,(H,11,12)/t7-;3-,4-,5?,7?/m01/s1. The van der Waals surface area contributed by atoms with Crippen LogP contribution in [-0.4, -0.2) is 73.0 Å². The van der Waals surface area contributed by atoms with Crippen molar-refractivity contribution in [2.45, 2.75) is 63.4 Å². The minimum absolute atomic E-state index is 0.146. The van der Waals surface area contributed by atoms with Crippen LogP contribution in [-0.2, 0) is 9.59 Å². The molecule has 3 atom stereocenters. The average Bonchev–Trinajstić information content (AvgIpc) is 2.43. The second-order valence-corrected chi connectivity index (χ2v) is 6.70. The maximum Gasteiger partial charge on any atom is 0.335 e. The Morgan fingerprint density at radius 3 is 1.88 bits per heavy atom. The quantitative estimate of drug-likeness (QED) is 0.308. The Kier molecular flexibility index (Phi) is 9.38. The van der Waals surface area contributed by atoms with Gasteiger partial charge in [0.1, 0.15) is 6.10 Å². The SMILES string of the molecule is CC(C)C[C@H](CN)CC(=O)O.O=C(O)C1(O)C[C@@H](O)C(O)[C@H](O)C1. The Labute approximate surface area is 140 Å². The first kappa shape index (κ1) is 22.7. The molecule has 1 aliphatic rings. The predicted molar refractivity (Wildman–Crippen MR) is 84.1 cm³/mol. The van der Waals surface area contributed by atoms with Gasteiger partial charge in [0.25, 0.3) is 0 Å². The summed E-state index contributed by atoms with van der Waals surface area (Å²) in [5.74, 6) is -1.57. The molecule has 142 valence electrons. The monoisotopic (exact) mass is 351 g/mol. The van der Waals surface area contributed by atoms with Gasteiger partial charge in [-0.05, 0) is 24.8 Å². The Balaban J connectivity index is 0.000000449. The van der Waals surface area contributed by atoms with Crippen molar-refractivity contribution in [1.29, 1.82) is 0 Å². The fraction of sp³-hybridized carbons (Fsp3) is 0.867. The van der Waals surface area contributed by atoms with Gasteiger partial charge >= 0.3 is 11.9 Å². The maximum atomic E-state index is 10.5. The van der Waals surface area contributed by atoms with E-state index in [2.05, 4.69) is 13.8 Å². The van der Waals surface area contributed by atoms with Crippen molar-refractivity contribution in [2.24, 2.45) is 17.6 Å². The van der Waals surface area contributed by atoms with E-state index in [0.717, 1.165) is 6.42 Å². The van der Waals surface area contributed by atoms with Crippen molar-refractivity contribution >= 4 is 11.9 Å². The zero-order valence-corrected chi connectivity index (χ0v) is 14.0. The van der Waals surface area contributed by atoms with Crippen LogP contribution in [0.25, 0.3) is 0 Å². The van der Waals surface area contributed by atoms with E-state index in [9.17, 15) is 14.7 Å². The van der Waals surface area contributed by atoms with Crippen molar-refractivity contribution in [3.8, 4) is 0 Å². The van der Waals surface area contributed by atoms with Gasteiger partial charge in [-0.25, -0.2) is 4.79 Å². The van der Waals surface area contributed by atoms with Gasteiger partial charge in [-0.3, -0.25) is 4.79 Å². The number of hydrogen-bond donors (Lipinski definition) is 7. The van der Waals surface area contributed by atoms with Gasteiger partial charge in [0.2, 0.25) is 0 Å². The van der Waals surface area contributed by atoms with Crippen LogP contribution in [0.3, 0.4) is 0 Å². The number of aliphatic hydroxyl groups excluding tert-OH is 3. The molecule has 0 spiro atoms. The van der Waals surface area contributed by atoms with Gasteiger partial charge in [-0.2, -0.15) is 0 Å². The van der Waals surface area contributed by atoms with Crippen LogP contribution in [0.4, 0.5) is 0 Å². The Hall–Kier alpha value is -1.26. The van der Waals surface area contributed by atoms with Crippen molar-refractivity contribution in [2.75, 3.05) is 6.54 Å². The molecule has 1 saturated carbocycles. The highest BCUT2D eigenvalue weighted by atomic mass is 16.4. The lowest BCUT2D eigenvalue weighted by molar-refractivity contribution is -0.187. The molecule has 0 aromatic rings. The van der Waals surface area contributed by atoms with Crippen LogP contribution in [0.1, 0.15) is 39.5 Å². The smallest absolute Gasteiger partial charge is 0.335 e. The van der Waals surface area contributed by atoms with Crippen molar-refractivity contribution in [3.05, 3.63) is 0 Å². The summed E-state index contributed by atoms with van der Waals surface area (Å²) in [6.45, 7) is 4.62. The molecule has 9 heteroatoms. The van der Waals surface area contributed by atoms with Crippen molar-refractivity contribution in [3.63, 3.8) is 0 Å². The second-order valence-electron chi connectivity index (χ2n) is 6.70. The molecule has 0 unspecified atom stereocenters. The van der Waals surface area contributed by atoms with Crippen molar-refractivity contribution in [1.82, 2.24) is 0 Å². The molecule has 0 radical (unpaired) electrons. The average molecular weight is 351 g/mol. The minimum Gasteiger partial charge on any atom is -0.481 e. The van der Waals surface area contributed by atoms with E-state index in [1.54, 1.807) is 0 Å². The molecule has 0 aromatic carbocycles. The molecular formula is C15H29NO8. The Morgan fingerprint density at radius 2 is 1.58 bits per heavy atom. The molecule has 1 aliphatic carbocycles. The van der Waals surface area contributed by atoms with E-state index in [1.807, 2.05) is 0 Å². The van der Waals surface area contributed by atoms with Gasteiger partial charge in [0.15, 0.2) is 5.60 Å². The summed E-state index contributed by atoms with van der Waals surface area (Å²) in [6.07, 6.45) is -4.05. The van der Waals surface area contributed by atoms with Crippen LogP contribution >= 0.6 is 0 Å². The second kappa shape index (κ2) is 9.90. The molecule has 9 nitrogen and oxygen atoms in total. The number of aliphatic hydroxyl groups is 4. The summed E-state index contributed by atoms with van der Waals surface area (Å²) in [7, 11) is 0. The van der Waals surface area contributed by atoms with Crippen LogP contribution in [0.5, 0.6) is 0 Å². The van der Waals surface area contributed by atoms with Gasteiger partial charge < -0.3 is 36.4 Å². The summed E-state index contributed by atoms with van der Waals surface area (Å²) in [5, 5.41) is 53.7. The largest absolute Gasteiger partial charge is 0.481 e. The molecule has 8 N–H and O–H groups in total. The van der Waals surface area contributed by atoms with Crippen LogP contribution in [0.15, 0.2) is 0 Å². The highest BCUT2D eigenvalue weighted by Crippen LogP contribution is 2.29. The number of carboxylic acids is 2. The molecule has 1 fully saturated rings. The molecule has 0 aromatic heterocycles. The Morgan fingerprint density at radius 1 is 1.12 bits per heavy atom. The lowest BCUT2D eigenvalue weighted by Gasteiger charge is -2.37. The third-order valence-corrected chi connectivity index (χ3v) is 3.88. The fourth-order valence-electron chi connectivity index (χ4n) is 2.62. The summed E-state index contributed by atoms with van der Waals surface area (Å²) in [5.41, 5.74) is 3.27. The minimum atomic E-state index is -2.14. The van der Waals surface area contributed by atoms with E-state index in [-0.39, 0.29) is 12.3 Å². The van der Waals surface area contributed by atoms with Gasteiger partial charge in [0, 0.05) is 19.3 Å². The highest BCUT2D eigenvalue weighted by molar-refractivity contribution is 5.77. The predicted octanol–water partition coefficient (Wildman–Crippen LogP) is -1.24. The van der Waals surface area contributed by atoms with Crippen LogP contribution < -0.4 is 5.73 Å². The fourth-order valence-corrected chi connectivity index (χ4v) is 2.62. The van der Waals surface area contributed by atoms with Gasteiger partial charge in [0.05, 0.1) is 12.2 Å². The van der Waals surface area contributed by atoms with Crippen molar-refractivity contribution < 1.29 is 40.2 Å². The van der Waals surface area contributed by atoms with Crippen LogP contribution in [0, 0.1) is 11.8 Å². The molecule has 0 heterocycles. The zero-order chi connectivity index (χ0) is 19.1. The molecule has 0 aliphatic heterocycles. The third kappa shape index (κ3) is 7.54. The molecule has 0 saturated heterocycles. The number of rotatable bonds is 6. The normalized spacial score (nSPS) is 31.1. The maximum absolute atomic E-state index is 10.5. The molecule has 0 bridgehead atoms.